The molecule has 110 valence electrons. The number of benzene rings is 1. The van der Waals surface area contributed by atoms with Gasteiger partial charge in [-0.05, 0) is 18.6 Å². The van der Waals surface area contributed by atoms with Crippen molar-refractivity contribution < 1.29 is 9.59 Å². The minimum Gasteiger partial charge on any atom is -0.356 e. The molecule has 0 atom stereocenters. The van der Waals surface area contributed by atoms with E-state index >= 15 is 0 Å². The van der Waals surface area contributed by atoms with E-state index in [4.69, 9.17) is 0 Å². The van der Waals surface area contributed by atoms with Gasteiger partial charge < -0.3 is 10.2 Å². The number of hydrogen-bond acceptors (Lipinski definition) is 2. The van der Waals surface area contributed by atoms with E-state index in [2.05, 4.69) is 5.32 Å². The second-order valence-electron chi connectivity index (χ2n) is 5.90. The third kappa shape index (κ3) is 5.03. The fraction of sp³-hybridized carbons (Fsp3) is 0.500. The quantitative estimate of drug-likeness (QED) is 0.840. The van der Waals surface area contributed by atoms with E-state index in [0.29, 0.717) is 19.4 Å². The molecule has 1 N–H and O–H groups in total. The lowest BCUT2D eigenvalue weighted by Gasteiger charge is -2.19. The van der Waals surface area contributed by atoms with Crippen molar-refractivity contribution >= 4 is 17.5 Å². The standard InChI is InChI=1S/C16H24N2O2/c1-16(2,3)15(20)17-12-8-11-14(19)18(4)13-9-6-5-7-10-13/h5-7,9-10H,8,11-12H2,1-4H3,(H,17,20). The molecule has 0 fully saturated rings. The van der Waals surface area contributed by atoms with Gasteiger partial charge in [-0.25, -0.2) is 0 Å². The molecule has 0 bridgehead atoms. The average Bonchev–Trinajstić information content (AvgIpc) is 2.42. The summed E-state index contributed by atoms with van der Waals surface area (Å²) in [4.78, 5) is 25.3. The van der Waals surface area contributed by atoms with Gasteiger partial charge in [-0.2, -0.15) is 0 Å². The Kier molecular flexibility index (Phi) is 5.74. The molecule has 4 heteroatoms. The fourth-order valence-electron chi connectivity index (χ4n) is 1.67. The number of amides is 2. The predicted octanol–water partition coefficient (Wildman–Crippen LogP) is 2.59. The highest BCUT2D eigenvalue weighted by atomic mass is 16.2. The third-order valence-corrected chi connectivity index (χ3v) is 3.05. The van der Waals surface area contributed by atoms with Gasteiger partial charge in [0.1, 0.15) is 0 Å². The van der Waals surface area contributed by atoms with E-state index in [0.717, 1.165) is 5.69 Å². The number of para-hydroxylation sites is 1. The van der Waals surface area contributed by atoms with Crippen LogP contribution in [0.15, 0.2) is 30.3 Å². The maximum absolute atomic E-state index is 12.0. The minimum absolute atomic E-state index is 0.0152. The van der Waals surface area contributed by atoms with Gasteiger partial charge >= 0.3 is 0 Å². The summed E-state index contributed by atoms with van der Waals surface area (Å²) < 4.78 is 0. The Labute approximate surface area is 121 Å². The van der Waals surface area contributed by atoms with Crippen molar-refractivity contribution in [2.45, 2.75) is 33.6 Å². The number of carbonyl (C=O) groups is 2. The van der Waals surface area contributed by atoms with E-state index in [1.807, 2.05) is 51.1 Å². The Morgan fingerprint density at radius 3 is 2.30 bits per heavy atom. The smallest absolute Gasteiger partial charge is 0.226 e. The molecule has 0 saturated heterocycles. The fourth-order valence-corrected chi connectivity index (χ4v) is 1.67. The summed E-state index contributed by atoms with van der Waals surface area (Å²) in [5.41, 5.74) is 0.501. The van der Waals surface area contributed by atoms with E-state index in [9.17, 15) is 9.59 Å². The van der Waals surface area contributed by atoms with Gasteiger partial charge in [-0.3, -0.25) is 9.59 Å². The summed E-state index contributed by atoms with van der Waals surface area (Å²) in [5, 5.41) is 2.85. The van der Waals surface area contributed by atoms with Gasteiger partial charge in [0.15, 0.2) is 0 Å². The van der Waals surface area contributed by atoms with Crippen LogP contribution in [0.2, 0.25) is 0 Å². The zero-order chi connectivity index (χ0) is 15.2. The van der Waals surface area contributed by atoms with Gasteiger partial charge in [0.05, 0.1) is 0 Å². The molecular formula is C16H24N2O2. The molecule has 1 aromatic rings. The largest absolute Gasteiger partial charge is 0.356 e. The molecule has 0 aliphatic carbocycles. The van der Waals surface area contributed by atoms with Crippen LogP contribution < -0.4 is 10.2 Å². The second-order valence-corrected chi connectivity index (χ2v) is 5.90. The van der Waals surface area contributed by atoms with Crippen LogP contribution >= 0.6 is 0 Å². The van der Waals surface area contributed by atoms with Gasteiger partial charge in [-0.1, -0.05) is 39.0 Å². The molecule has 0 radical (unpaired) electrons. The Morgan fingerprint density at radius 2 is 1.75 bits per heavy atom. The SMILES string of the molecule is CN(C(=O)CCCNC(=O)C(C)(C)C)c1ccccc1. The highest BCUT2D eigenvalue weighted by molar-refractivity contribution is 5.92. The number of hydrogen-bond donors (Lipinski definition) is 1. The maximum atomic E-state index is 12.0. The number of rotatable bonds is 5. The zero-order valence-corrected chi connectivity index (χ0v) is 12.8. The minimum atomic E-state index is -0.384. The summed E-state index contributed by atoms with van der Waals surface area (Å²) in [7, 11) is 1.77. The van der Waals surface area contributed by atoms with Crippen LogP contribution in [-0.2, 0) is 9.59 Å². The summed E-state index contributed by atoms with van der Waals surface area (Å²) >= 11 is 0. The van der Waals surface area contributed by atoms with E-state index < -0.39 is 0 Å². The number of nitrogens with zero attached hydrogens (tertiary/aromatic N) is 1. The monoisotopic (exact) mass is 276 g/mol. The van der Waals surface area contributed by atoms with Crippen LogP contribution in [0.1, 0.15) is 33.6 Å². The van der Waals surface area contributed by atoms with Gasteiger partial charge in [0.2, 0.25) is 11.8 Å². The van der Waals surface area contributed by atoms with Crippen molar-refractivity contribution in [3.63, 3.8) is 0 Å². The van der Waals surface area contributed by atoms with Crippen LogP contribution in [-0.4, -0.2) is 25.4 Å². The van der Waals surface area contributed by atoms with Gasteiger partial charge in [-0.15, -0.1) is 0 Å². The highest BCUT2D eigenvalue weighted by Crippen LogP contribution is 2.13. The first-order valence-corrected chi connectivity index (χ1v) is 6.92. The molecule has 0 unspecified atom stereocenters. The number of anilines is 1. The van der Waals surface area contributed by atoms with Crippen molar-refractivity contribution in [2.75, 3.05) is 18.5 Å². The zero-order valence-electron chi connectivity index (χ0n) is 12.8. The molecule has 0 aliphatic rings. The Morgan fingerprint density at radius 1 is 1.15 bits per heavy atom. The Bertz CT molecular complexity index is 449. The number of carbonyl (C=O) groups excluding carboxylic acids is 2. The molecule has 1 aromatic carbocycles. The number of nitrogens with one attached hydrogen (secondary N) is 1. The lowest BCUT2D eigenvalue weighted by molar-refractivity contribution is -0.128. The molecule has 0 aromatic heterocycles. The normalized spacial score (nSPS) is 11.0. The topological polar surface area (TPSA) is 49.4 Å². The van der Waals surface area contributed by atoms with Crippen molar-refractivity contribution in [1.82, 2.24) is 5.32 Å². The van der Waals surface area contributed by atoms with E-state index in [1.54, 1.807) is 11.9 Å². The lowest BCUT2D eigenvalue weighted by atomic mass is 9.96. The van der Waals surface area contributed by atoms with E-state index in [1.165, 1.54) is 0 Å². The van der Waals surface area contributed by atoms with E-state index in [-0.39, 0.29) is 17.2 Å². The lowest BCUT2D eigenvalue weighted by Crippen LogP contribution is -2.36. The van der Waals surface area contributed by atoms with Crippen LogP contribution in [0, 0.1) is 5.41 Å². The Hall–Kier alpha value is -1.84. The van der Waals surface area contributed by atoms with Crippen molar-refractivity contribution in [2.24, 2.45) is 5.41 Å². The first-order chi connectivity index (χ1) is 9.32. The van der Waals surface area contributed by atoms with Crippen LogP contribution in [0.25, 0.3) is 0 Å². The Balaban J connectivity index is 2.32. The molecule has 0 aliphatic heterocycles. The van der Waals surface area contributed by atoms with Gasteiger partial charge in [0, 0.05) is 31.1 Å². The van der Waals surface area contributed by atoms with Crippen LogP contribution in [0.4, 0.5) is 5.69 Å². The molecule has 0 saturated carbocycles. The summed E-state index contributed by atoms with van der Waals surface area (Å²) in [6.45, 7) is 6.15. The van der Waals surface area contributed by atoms with Crippen molar-refractivity contribution in [3.8, 4) is 0 Å². The molecule has 20 heavy (non-hydrogen) atoms. The average molecular weight is 276 g/mol. The van der Waals surface area contributed by atoms with Crippen molar-refractivity contribution in [3.05, 3.63) is 30.3 Å². The molecule has 2 amide bonds. The molecule has 0 spiro atoms. The first-order valence-electron chi connectivity index (χ1n) is 6.92. The second kappa shape index (κ2) is 7.08. The van der Waals surface area contributed by atoms with Crippen LogP contribution in [0.3, 0.4) is 0 Å². The predicted molar refractivity (Wildman–Crippen MR) is 81.6 cm³/mol. The molecular weight excluding hydrogens is 252 g/mol. The summed E-state index contributed by atoms with van der Waals surface area (Å²) in [6.07, 6.45) is 1.08. The third-order valence-electron chi connectivity index (χ3n) is 3.05. The first kappa shape index (κ1) is 16.2. The summed E-state index contributed by atoms with van der Waals surface area (Å²) in [5.74, 6) is 0.0718. The molecule has 4 nitrogen and oxygen atoms in total. The van der Waals surface area contributed by atoms with Crippen LogP contribution in [0.5, 0.6) is 0 Å². The van der Waals surface area contributed by atoms with Gasteiger partial charge in [0.25, 0.3) is 0 Å². The molecule has 0 heterocycles. The highest BCUT2D eigenvalue weighted by Gasteiger charge is 2.20. The molecule has 1 rings (SSSR count). The summed E-state index contributed by atoms with van der Waals surface area (Å²) in [6, 6.07) is 9.54. The maximum Gasteiger partial charge on any atom is 0.226 e. The van der Waals surface area contributed by atoms with Crippen molar-refractivity contribution in [1.29, 1.82) is 0 Å².